The third-order valence-corrected chi connectivity index (χ3v) is 5.76. The highest BCUT2D eigenvalue weighted by Crippen LogP contribution is 2.13. The van der Waals surface area contributed by atoms with Crippen LogP contribution in [0.25, 0.3) is 6.08 Å². The van der Waals surface area contributed by atoms with E-state index in [9.17, 15) is 18.0 Å². The number of rotatable bonds is 5. The van der Waals surface area contributed by atoms with Crippen molar-refractivity contribution in [2.75, 3.05) is 11.5 Å². The number of ether oxygens (including phenoxy) is 1. The summed E-state index contributed by atoms with van der Waals surface area (Å²) in [5, 5.41) is 2.60. The third kappa shape index (κ3) is 5.76. The molecule has 1 aromatic carbocycles. The second-order valence-corrected chi connectivity index (χ2v) is 8.72. The SMILES string of the molecule is C[C@H](OC(=O)/C=C/c1cccc(Br)c1)C(=O)N[C@@H]1CCS(=O)(=O)C1. The van der Waals surface area contributed by atoms with Crippen molar-refractivity contribution in [1.82, 2.24) is 5.32 Å². The van der Waals surface area contributed by atoms with E-state index in [1.54, 1.807) is 6.08 Å². The van der Waals surface area contributed by atoms with Crippen molar-refractivity contribution >= 4 is 43.7 Å². The predicted molar refractivity (Wildman–Crippen MR) is 93.9 cm³/mol. The van der Waals surface area contributed by atoms with Gasteiger partial charge in [0.15, 0.2) is 15.9 Å². The highest BCUT2D eigenvalue weighted by atomic mass is 79.9. The zero-order valence-corrected chi connectivity index (χ0v) is 15.5. The molecule has 1 heterocycles. The lowest BCUT2D eigenvalue weighted by atomic mass is 10.2. The molecule has 0 radical (unpaired) electrons. The number of nitrogens with one attached hydrogen (secondary N) is 1. The Bertz CT molecular complexity index is 759. The largest absolute Gasteiger partial charge is 0.449 e. The summed E-state index contributed by atoms with van der Waals surface area (Å²) in [6.07, 6.45) is 2.22. The van der Waals surface area contributed by atoms with Gasteiger partial charge in [-0.15, -0.1) is 0 Å². The number of carbonyl (C=O) groups excluding carboxylic acids is 2. The maximum Gasteiger partial charge on any atom is 0.331 e. The molecule has 0 spiro atoms. The molecule has 0 unspecified atom stereocenters. The number of esters is 1. The Balaban J connectivity index is 1.83. The number of amides is 1. The molecule has 8 heteroatoms. The molecule has 2 atom stereocenters. The fraction of sp³-hybridized carbons (Fsp3) is 0.375. The molecule has 1 saturated heterocycles. The van der Waals surface area contributed by atoms with Crippen molar-refractivity contribution in [3.8, 4) is 0 Å². The first kappa shape index (κ1) is 18.7. The van der Waals surface area contributed by atoms with E-state index in [0.717, 1.165) is 10.0 Å². The van der Waals surface area contributed by atoms with E-state index >= 15 is 0 Å². The summed E-state index contributed by atoms with van der Waals surface area (Å²) in [5.74, 6) is -1.14. The monoisotopic (exact) mass is 415 g/mol. The molecule has 24 heavy (non-hydrogen) atoms. The summed E-state index contributed by atoms with van der Waals surface area (Å²) in [6.45, 7) is 1.45. The van der Waals surface area contributed by atoms with Crippen LogP contribution in [0.15, 0.2) is 34.8 Å². The van der Waals surface area contributed by atoms with Gasteiger partial charge in [0, 0.05) is 16.6 Å². The van der Waals surface area contributed by atoms with Gasteiger partial charge in [-0.2, -0.15) is 0 Å². The van der Waals surface area contributed by atoms with Crippen LogP contribution in [0.2, 0.25) is 0 Å². The van der Waals surface area contributed by atoms with Gasteiger partial charge in [-0.05, 0) is 37.1 Å². The van der Waals surface area contributed by atoms with Crippen molar-refractivity contribution in [3.63, 3.8) is 0 Å². The molecule has 0 aliphatic carbocycles. The van der Waals surface area contributed by atoms with Gasteiger partial charge in [0.25, 0.3) is 5.91 Å². The third-order valence-electron chi connectivity index (χ3n) is 3.50. The number of halogens is 1. The van der Waals surface area contributed by atoms with Gasteiger partial charge in [0.1, 0.15) is 0 Å². The Morgan fingerprint density at radius 3 is 2.79 bits per heavy atom. The highest BCUT2D eigenvalue weighted by molar-refractivity contribution is 9.10. The smallest absolute Gasteiger partial charge is 0.331 e. The number of carbonyl (C=O) groups is 2. The fourth-order valence-electron chi connectivity index (χ4n) is 2.27. The first-order valence-electron chi connectivity index (χ1n) is 7.40. The van der Waals surface area contributed by atoms with Crippen LogP contribution in [0.5, 0.6) is 0 Å². The minimum atomic E-state index is -3.07. The van der Waals surface area contributed by atoms with E-state index in [1.807, 2.05) is 24.3 Å². The minimum Gasteiger partial charge on any atom is -0.449 e. The Morgan fingerprint density at radius 2 is 2.17 bits per heavy atom. The van der Waals surface area contributed by atoms with Gasteiger partial charge in [-0.3, -0.25) is 4.79 Å². The maximum atomic E-state index is 12.0. The second-order valence-electron chi connectivity index (χ2n) is 5.58. The number of hydrogen-bond donors (Lipinski definition) is 1. The van der Waals surface area contributed by atoms with E-state index in [-0.39, 0.29) is 11.5 Å². The standard InChI is InChI=1S/C16H18BrNO5S/c1-11(16(20)18-14-7-8-24(21,22)10-14)23-15(19)6-5-12-3-2-4-13(17)9-12/h2-6,9,11,14H,7-8,10H2,1H3,(H,18,20)/b6-5+/t11-,14+/m0/s1. The first-order valence-corrected chi connectivity index (χ1v) is 10.0. The van der Waals surface area contributed by atoms with Crippen LogP contribution in [-0.4, -0.2) is 43.9 Å². The van der Waals surface area contributed by atoms with Crippen LogP contribution >= 0.6 is 15.9 Å². The van der Waals surface area contributed by atoms with Gasteiger partial charge in [-0.25, -0.2) is 13.2 Å². The molecular formula is C16H18BrNO5S. The molecule has 2 rings (SSSR count). The van der Waals surface area contributed by atoms with Crippen molar-refractivity contribution < 1.29 is 22.7 Å². The molecule has 1 aromatic rings. The fourth-order valence-corrected chi connectivity index (χ4v) is 4.36. The molecule has 1 aliphatic rings. The Kier molecular flexibility index (Phi) is 6.17. The van der Waals surface area contributed by atoms with E-state index in [0.29, 0.717) is 6.42 Å². The van der Waals surface area contributed by atoms with Crippen molar-refractivity contribution in [1.29, 1.82) is 0 Å². The zero-order chi connectivity index (χ0) is 17.7. The Morgan fingerprint density at radius 1 is 1.42 bits per heavy atom. The molecule has 0 saturated carbocycles. The highest BCUT2D eigenvalue weighted by Gasteiger charge is 2.30. The molecule has 130 valence electrons. The van der Waals surface area contributed by atoms with E-state index in [1.165, 1.54) is 13.0 Å². The van der Waals surface area contributed by atoms with Gasteiger partial charge in [-0.1, -0.05) is 28.1 Å². The van der Waals surface area contributed by atoms with Crippen LogP contribution < -0.4 is 5.32 Å². The molecule has 0 bridgehead atoms. The maximum absolute atomic E-state index is 12.0. The number of sulfone groups is 1. The lowest BCUT2D eigenvalue weighted by molar-refractivity contribution is -0.150. The molecule has 1 amide bonds. The van der Waals surface area contributed by atoms with Gasteiger partial charge >= 0.3 is 5.97 Å². The summed E-state index contributed by atoms with van der Waals surface area (Å²) in [6, 6.07) is 6.94. The normalized spacial score (nSPS) is 20.7. The molecule has 6 nitrogen and oxygen atoms in total. The molecule has 1 aliphatic heterocycles. The molecule has 1 N–H and O–H groups in total. The van der Waals surface area contributed by atoms with Crippen LogP contribution in [0.1, 0.15) is 18.9 Å². The summed E-state index contributed by atoms with van der Waals surface area (Å²) in [7, 11) is -3.07. The molecule has 0 aromatic heterocycles. The van der Waals surface area contributed by atoms with E-state index in [2.05, 4.69) is 21.2 Å². The topological polar surface area (TPSA) is 89.5 Å². The van der Waals surface area contributed by atoms with E-state index in [4.69, 9.17) is 4.74 Å². The molecular weight excluding hydrogens is 398 g/mol. The summed E-state index contributed by atoms with van der Waals surface area (Å²) in [5.41, 5.74) is 0.814. The van der Waals surface area contributed by atoms with Crippen LogP contribution in [0, 0.1) is 0 Å². The quantitative estimate of drug-likeness (QED) is 0.583. The van der Waals surface area contributed by atoms with E-state index < -0.39 is 33.9 Å². The summed E-state index contributed by atoms with van der Waals surface area (Å²) in [4.78, 5) is 23.7. The van der Waals surface area contributed by atoms with Gasteiger partial charge in [0.2, 0.25) is 0 Å². The predicted octanol–water partition coefficient (Wildman–Crippen LogP) is 1.70. The first-order chi connectivity index (χ1) is 11.2. The number of hydrogen-bond acceptors (Lipinski definition) is 5. The Hall–Kier alpha value is -1.67. The second kappa shape index (κ2) is 7.94. The van der Waals surface area contributed by atoms with Crippen molar-refractivity contribution in [2.24, 2.45) is 0 Å². The number of benzene rings is 1. The van der Waals surface area contributed by atoms with Crippen molar-refractivity contribution in [3.05, 3.63) is 40.4 Å². The van der Waals surface area contributed by atoms with Crippen LogP contribution in [0.4, 0.5) is 0 Å². The zero-order valence-electron chi connectivity index (χ0n) is 13.1. The summed E-state index contributed by atoms with van der Waals surface area (Å²) < 4.78 is 28.6. The lowest BCUT2D eigenvalue weighted by Crippen LogP contribution is -2.42. The minimum absolute atomic E-state index is 0.0673. The summed E-state index contributed by atoms with van der Waals surface area (Å²) >= 11 is 3.33. The average Bonchev–Trinajstić information content (AvgIpc) is 2.84. The van der Waals surface area contributed by atoms with Crippen LogP contribution in [0.3, 0.4) is 0 Å². The van der Waals surface area contributed by atoms with Gasteiger partial charge < -0.3 is 10.1 Å². The average molecular weight is 416 g/mol. The lowest BCUT2D eigenvalue weighted by Gasteiger charge is -2.15. The van der Waals surface area contributed by atoms with Crippen LogP contribution in [-0.2, 0) is 24.2 Å². The van der Waals surface area contributed by atoms with Crippen molar-refractivity contribution in [2.45, 2.75) is 25.5 Å². The van der Waals surface area contributed by atoms with Gasteiger partial charge in [0.05, 0.1) is 11.5 Å². The molecule has 1 fully saturated rings. The Labute approximate surface area is 149 Å².